The Labute approximate surface area is 169 Å². The second-order valence-electron chi connectivity index (χ2n) is 6.83. The van der Waals surface area contributed by atoms with Crippen LogP contribution in [-0.4, -0.2) is 46.3 Å². The van der Waals surface area contributed by atoms with Crippen molar-refractivity contribution in [2.24, 2.45) is 0 Å². The second-order valence-corrected chi connectivity index (χ2v) is 8.74. The van der Waals surface area contributed by atoms with Gasteiger partial charge in [0.2, 0.25) is 10.0 Å². The van der Waals surface area contributed by atoms with E-state index in [9.17, 15) is 18.0 Å². The molecule has 0 saturated carbocycles. The zero-order valence-corrected chi connectivity index (χ0v) is 17.4. The highest BCUT2D eigenvalue weighted by Crippen LogP contribution is 2.36. The highest BCUT2D eigenvalue weighted by atomic mass is 32.2. The number of nitrogens with one attached hydrogen (secondary N) is 1. The van der Waals surface area contributed by atoms with Gasteiger partial charge in [-0.05, 0) is 49.2 Å². The molecule has 29 heavy (non-hydrogen) atoms. The van der Waals surface area contributed by atoms with Crippen molar-refractivity contribution < 1.29 is 27.5 Å². The Morgan fingerprint density at radius 2 is 1.93 bits per heavy atom. The summed E-state index contributed by atoms with van der Waals surface area (Å²) in [5, 5.41) is 2.72. The van der Waals surface area contributed by atoms with Gasteiger partial charge in [0, 0.05) is 5.69 Å². The highest BCUT2D eigenvalue weighted by molar-refractivity contribution is 7.92. The van der Waals surface area contributed by atoms with Crippen molar-refractivity contribution >= 4 is 33.3 Å². The van der Waals surface area contributed by atoms with E-state index in [1.807, 2.05) is 6.92 Å². The number of nitrogens with zero attached hydrogens (tertiary/aromatic N) is 1. The van der Waals surface area contributed by atoms with Gasteiger partial charge in [0.15, 0.2) is 6.10 Å². The van der Waals surface area contributed by atoms with E-state index in [1.54, 1.807) is 43.3 Å². The van der Waals surface area contributed by atoms with E-state index >= 15 is 0 Å². The SMILES string of the molecule is COC(=O)c1cccc(NC(=O)[C@@H]2CN(S(C)(=O)=O)c3cc(C)ccc3O2)c1C. The average molecular weight is 418 g/mol. The van der Waals surface area contributed by atoms with Crippen LogP contribution in [0.15, 0.2) is 36.4 Å². The molecule has 2 aromatic rings. The molecule has 0 aromatic heterocycles. The fourth-order valence-electron chi connectivity index (χ4n) is 3.13. The lowest BCUT2D eigenvalue weighted by atomic mass is 10.1. The number of esters is 1. The maximum atomic E-state index is 12.8. The minimum atomic E-state index is -3.61. The van der Waals surface area contributed by atoms with Crippen LogP contribution >= 0.6 is 0 Å². The van der Waals surface area contributed by atoms with E-state index < -0.39 is 28.0 Å². The van der Waals surface area contributed by atoms with Crippen LogP contribution in [0.25, 0.3) is 0 Å². The number of rotatable bonds is 4. The molecule has 0 saturated heterocycles. The number of hydrogen-bond donors (Lipinski definition) is 1. The number of sulfonamides is 1. The Kier molecular flexibility index (Phi) is 5.52. The summed E-state index contributed by atoms with van der Waals surface area (Å²) in [6, 6.07) is 9.99. The smallest absolute Gasteiger partial charge is 0.338 e. The third-order valence-corrected chi connectivity index (χ3v) is 5.82. The Balaban J connectivity index is 1.89. The minimum absolute atomic E-state index is 0.156. The van der Waals surface area contributed by atoms with Crippen molar-refractivity contribution in [1.29, 1.82) is 0 Å². The number of benzene rings is 2. The predicted molar refractivity (Wildman–Crippen MR) is 109 cm³/mol. The number of carbonyl (C=O) groups excluding carboxylic acids is 2. The lowest BCUT2D eigenvalue weighted by Gasteiger charge is -2.34. The summed E-state index contributed by atoms with van der Waals surface area (Å²) in [7, 11) is -2.33. The van der Waals surface area contributed by atoms with Crippen molar-refractivity contribution in [1.82, 2.24) is 0 Å². The van der Waals surface area contributed by atoms with Gasteiger partial charge in [0.25, 0.3) is 5.91 Å². The molecule has 2 aromatic carbocycles. The van der Waals surface area contributed by atoms with Crippen LogP contribution in [0.4, 0.5) is 11.4 Å². The summed E-state index contributed by atoms with van der Waals surface area (Å²) in [4.78, 5) is 24.7. The zero-order valence-electron chi connectivity index (χ0n) is 16.6. The molecule has 8 nitrogen and oxygen atoms in total. The Bertz CT molecular complexity index is 1080. The first-order valence-corrected chi connectivity index (χ1v) is 10.7. The van der Waals surface area contributed by atoms with E-state index in [0.29, 0.717) is 28.3 Å². The summed E-state index contributed by atoms with van der Waals surface area (Å²) in [6.45, 7) is 3.37. The van der Waals surface area contributed by atoms with Crippen LogP contribution in [0.3, 0.4) is 0 Å². The summed E-state index contributed by atoms with van der Waals surface area (Å²) < 4.78 is 36.2. The third kappa shape index (κ3) is 4.19. The number of anilines is 2. The predicted octanol–water partition coefficient (Wildman–Crippen LogP) is 2.26. The normalized spacial score (nSPS) is 15.9. The molecule has 0 fully saturated rings. The van der Waals surface area contributed by atoms with Crippen molar-refractivity contribution in [3.05, 3.63) is 53.1 Å². The summed E-state index contributed by atoms with van der Waals surface area (Å²) in [6.07, 6.45) is 0.0322. The van der Waals surface area contributed by atoms with E-state index in [-0.39, 0.29) is 6.54 Å². The molecule has 0 bridgehead atoms. The van der Waals surface area contributed by atoms with Gasteiger partial charge >= 0.3 is 5.97 Å². The molecule has 1 atom stereocenters. The molecule has 0 aliphatic carbocycles. The fraction of sp³-hybridized carbons (Fsp3) is 0.300. The molecule has 1 amide bonds. The van der Waals surface area contributed by atoms with Gasteiger partial charge in [0.05, 0.1) is 31.2 Å². The monoisotopic (exact) mass is 418 g/mol. The maximum absolute atomic E-state index is 12.8. The molecule has 0 radical (unpaired) electrons. The Hall–Kier alpha value is -3.07. The molecule has 1 aliphatic heterocycles. The largest absolute Gasteiger partial charge is 0.476 e. The number of methoxy groups -OCH3 is 1. The number of carbonyl (C=O) groups is 2. The maximum Gasteiger partial charge on any atom is 0.338 e. The number of hydrogen-bond acceptors (Lipinski definition) is 6. The topological polar surface area (TPSA) is 102 Å². The van der Waals surface area contributed by atoms with Gasteiger partial charge in [-0.25, -0.2) is 13.2 Å². The van der Waals surface area contributed by atoms with Gasteiger partial charge in [-0.2, -0.15) is 0 Å². The minimum Gasteiger partial charge on any atom is -0.476 e. The molecular weight excluding hydrogens is 396 g/mol. The van der Waals surface area contributed by atoms with Crippen LogP contribution in [-0.2, 0) is 19.6 Å². The molecule has 0 spiro atoms. The van der Waals surface area contributed by atoms with E-state index in [0.717, 1.165) is 11.8 Å². The average Bonchev–Trinajstić information content (AvgIpc) is 2.67. The first-order valence-electron chi connectivity index (χ1n) is 8.85. The first kappa shape index (κ1) is 20.7. The molecule has 1 N–H and O–H groups in total. The fourth-order valence-corrected chi connectivity index (χ4v) is 4.03. The lowest BCUT2D eigenvalue weighted by Crippen LogP contribution is -2.48. The van der Waals surface area contributed by atoms with E-state index in [2.05, 4.69) is 5.32 Å². The summed E-state index contributed by atoms with van der Waals surface area (Å²) in [5.74, 6) is -0.720. The highest BCUT2D eigenvalue weighted by Gasteiger charge is 2.35. The summed E-state index contributed by atoms with van der Waals surface area (Å²) in [5.41, 5.74) is 2.56. The summed E-state index contributed by atoms with van der Waals surface area (Å²) >= 11 is 0. The van der Waals surface area contributed by atoms with Crippen molar-refractivity contribution in [2.75, 3.05) is 29.5 Å². The Morgan fingerprint density at radius 1 is 1.21 bits per heavy atom. The van der Waals surface area contributed by atoms with Gasteiger partial charge in [-0.3, -0.25) is 9.10 Å². The number of ether oxygens (including phenoxy) is 2. The van der Waals surface area contributed by atoms with Gasteiger partial charge in [-0.1, -0.05) is 12.1 Å². The molecule has 3 rings (SSSR count). The van der Waals surface area contributed by atoms with Gasteiger partial charge in [0.1, 0.15) is 5.75 Å². The van der Waals surface area contributed by atoms with Crippen LogP contribution < -0.4 is 14.4 Å². The molecular formula is C20H22N2O6S. The third-order valence-electron chi connectivity index (χ3n) is 4.67. The van der Waals surface area contributed by atoms with E-state index in [4.69, 9.17) is 9.47 Å². The zero-order chi connectivity index (χ0) is 21.3. The molecule has 0 unspecified atom stereocenters. The number of aryl methyl sites for hydroxylation is 1. The van der Waals surface area contributed by atoms with Crippen LogP contribution in [0, 0.1) is 13.8 Å². The van der Waals surface area contributed by atoms with Gasteiger partial charge in [-0.15, -0.1) is 0 Å². The van der Waals surface area contributed by atoms with Crippen molar-refractivity contribution in [2.45, 2.75) is 20.0 Å². The quantitative estimate of drug-likeness (QED) is 0.764. The van der Waals surface area contributed by atoms with Crippen LogP contribution in [0.1, 0.15) is 21.5 Å². The molecule has 9 heteroatoms. The van der Waals surface area contributed by atoms with Crippen LogP contribution in [0.2, 0.25) is 0 Å². The van der Waals surface area contributed by atoms with Crippen LogP contribution in [0.5, 0.6) is 5.75 Å². The van der Waals surface area contributed by atoms with Gasteiger partial charge < -0.3 is 14.8 Å². The molecule has 1 aliphatic rings. The lowest BCUT2D eigenvalue weighted by molar-refractivity contribution is -0.122. The number of amides is 1. The molecule has 1 heterocycles. The Morgan fingerprint density at radius 3 is 2.59 bits per heavy atom. The molecule has 154 valence electrons. The van der Waals surface area contributed by atoms with E-state index in [1.165, 1.54) is 11.4 Å². The van der Waals surface area contributed by atoms with Crippen molar-refractivity contribution in [3.63, 3.8) is 0 Å². The first-order chi connectivity index (χ1) is 13.6. The standard InChI is InChI=1S/C20H22N2O6S/c1-12-8-9-17-16(10-12)22(29(4,25)26)11-18(28-17)19(23)21-15-7-5-6-14(13(15)2)20(24)27-3/h5-10,18H,11H2,1-4H3,(H,21,23)/t18-/m0/s1. The number of fused-ring (bicyclic) bond motifs is 1. The second kappa shape index (κ2) is 7.75. The van der Waals surface area contributed by atoms with Crippen molar-refractivity contribution in [3.8, 4) is 5.75 Å².